The molecule has 1 aromatic carbocycles. The van der Waals surface area contributed by atoms with Crippen LogP contribution in [0.5, 0.6) is 5.75 Å². The third kappa shape index (κ3) is 2.66. The third-order valence-electron chi connectivity index (χ3n) is 1.68. The van der Waals surface area contributed by atoms with Crippen LogP contribution in [0, 0.1) is 0 Å². The summed E-state index contributed by atoms with van der Waals surface area (Å²) in [6, 6.07) is 7.70. The minimum Gasteiger partial charge on any atom is -0.496 e. The zero-order chi connectivity index (χ0) is 9.68. The number of guanidine groups is 1. The first-order valence-corrected chi connectivity index (χ1v) is 3.97. The molecule has 0 spiro atoms. The van der Waals surface area contributed by atoms with Crippen molar-refractivity contribution in [1.29, 1.82) is 0 Å². The van der Waals surface area contributed by atoms with Crippen molar-refractivity contribution in [1.82, 2.24) is 0 Å². The fourth-order valence-electron chi connectivity index (χ4n) is 1.05. The van der Waals surface area contributed by atoms with E-state index in [1.54, 1.807) is 7.11 Å². The molecule has 13 heavy (non-hydrogen) atoms. The largest absolute Gasteiger partial charge is 0.496 e. The summed E-state index contributed by atoms with van der Waals surface area (Å²) >= 11 is 0. The van der Waals surface area contributed by atoms with E-state index in [-0.39, 0.29) is 5.96 Å². The van der Waals surface area contributed by atoms with Crippen molar-refractivity contribution in [3.8, 4) is 5.75 Å². The van der Waals surface area contributed by atoms with E-state index in [0.29, 0.717) is 6.54 Å². The van der Waals surface area contributed by atoms with Gasteiger partial charge in [0.1, 0.15) is 5.75 Å². The zero-order valence-electron chi connectivity index (χ0n) is 7.58. The van der Waals surface area contributed by atoms with E-state index in [0.717, 1.165) is 11.3 Å². The van der Waals surface area contributed by atoms with Gasteiger partial charge in [0.15, 0.2) is 0 Å². The average Bonchev–Trinajstić information content (AvgIpc) is 2.15. The molecule has 0 aliphatic rings. The number of rotatable bonds is 3. The molecule has 5 N–H and O–H groups in total. The summed E-state index contributed by atoms with van der Waals surface area (Å²) in [5.74, 6) is 1.04. The number of nitrogens with two attached hydrogens (primary N) is 2. The Labute approximate surface area is 77.2 Å². The Hall–Kier alpha value is -1.71. The third-order valence-corrected chi connectivity index (χ3v) is 1.68. The second kappa shape index (κ2) is 4.35. The molecule has 0 aliphatic heterocycles. The van der Waals surface area contributed by atoms with Crippen LogP contribution in [0.25, 0.3) is 0 Å². The van der Waals surface area contributed by atoms with E-state index >= 15 is 0 Å². The number of benzene rings is 1. The molecular weight excluding hydrogens is 166 g/mol. The second-order valence-corrected chi connectivity index (χ2v) is 2.62. The van der Waals surface area contributed by atoms with Gasteiger partial charge in [-0.15, -0.1) is 0 Å². The monoisotopic (exact) mass is 180 g/mol. The molecule has 4 heteroatoms. The van der Waals surface area contributed by atoms with Gasteiger partial charge in [0.05, 0.1) is 13.7 Å². The van der Waals surface area contributed by atoms with Gasteiger partial charge in [0.2, 0.25) is 0 Å². The van der Waals surface area contributed by atoms with Gasteiger partial charge in [-0.25, -0.2) is 0 Å². The van der Waals surface area contributed by atoms with E-state index in [1.807, 2.05) is 24.3 Å². The SMILES string of the molecule is COc1ccccc1C[NH+]=C(N)N. The van der Waals surface area contributed by atoms with E-state index in [1.165, 1.54) is 0 Å². The van der Waals surface area contributed by atoms with Gasteiger partial charge in [-0.05, 0) is 6.07 Å². The summed E-state index contributed by atoms with van der Waals surface area (Å²) in [7, 11) is 1.63. The van der Waals surface area contributed by atoms with Gasteiger partial charge in [-0.2, -0.15) is 0 Å². The second-order valence-electron chi connectivity index (χ2n) is 2.62. The van der Waals surface area contributed by atoms with Crippen molar-refractivity contribution in [2.24, 2.45) is 11.5 Å². The Morgan fingerprint density at radius 2 is 2.08 bits per heavy atom. The van der Waals surface area contributed by atoms with Gasteiger partial charge in [0.25, 0.3) is 0 Å². The van der Waals surface area contributed by atoms with Crippen LogP contribution in [0.3, 0.4) is 0 Å². The Morgan fingerprint density at radius 3 is 2.69 bits per heavy atom. The predicted octanol–water partition coefficient (Wildman–Crippen LogP) is -1.45. The maximum atomic E-state index is 5.27. The molecule has 0 aromatic heterocycles. The number of ether oxygens (including phenoxy) is 1. The average molecular weight is 180 g/mol. The van der Waals surface area contributed by atoms with Crippen LogP contribution in [0.4, 0.5) is 0 Å². The van der Waals surface area contributed by atoms with Crippen LogP contribution in [0.1, 0.15) is 5.56 Å². The lowest BCUT2D eigenvalue weighted by Crippen LogP contribution is -2.76. The Morgan fingerprint density at radius 1 is 1.38 bits per heavy atom. The topological polar surface area (TPSA) is 75.2 Å². The van der Waals surface area contributed by atoms with E-state index in [4.69, 9.17) is 16.2 Å². The van der Waals surface area contributed by atoms with Gasteiger partial charge in [-0.1, -0.05) is 18.2 Å². The number of nitrogens with one attached hydrogen (secondary N) is 1. The number of hydrogen-bond donors (Lipinski definition) is 3. The van der Waals surface area contributed by atoms with E-state index in [2.05, 4.69) is 4.99 Å². The number of para-hydroxylation sites is 1. The van der Waals surface area contributed by atoms with Gasteiger partial charge in [0, 0.05) is 5.56 Å². The molecule has 0 amide bonds. The standard InChI is InChI=1S/C9H13N3O/c1-13-8-5-3-2-4-7(8)6-12-9(10)11/h2-5H,6H2,1H3,(H4,10,11,12)/p+1. The maximum absolute atomic E-state index is 5.27. The molecule has 0 atom stereocenters. The molecule has 4 nitrogen and oxygen atoms in total. The molecule has 70 valence electrons. The van der Waals surface area contributed by atoms with Crippen LogP contribution in [-0.2, 0) is 6.54 Å². The predicted molar refractivity (Wildman–Crippen MR) is 51.0 cm³/mol. The van der Waals surface area contributed by atoms with Crippen LogP contribution in [0.2, 0.25) is 0 Å². The lowest BCUT2D eigenvalue weighted by atomic mass is 10.2. The molecule has 0 unspecified atom stereocenters. The minimum atomic E-state index is 0.214. The van der Waals surface area contributed by atoms with Crippen LogP contribution in [0.15, 0.2) is 24.3 Å². The normalized spacial score (nSPS) is 9.31. The zero-order valence-corrected chi connectivity index (χ0v) is 7.58. The molecule has 0 fully saturated rings. The first kappa shape index (κ1) is 9.38. The Bertz CT molecular complexity index is 305. The fraction of sp³-hybridized carbons (Fsp3) is 0.222. The summed E-state index contributed by atoms with van der Waals surface area (Å²) < 4.78 is 5.15. The Kier molecular flexibility index (Phi) is 3.14. The molecule has 0 heterocycles. The molecule has 1 rings (SSSR count). The fourth-order valence-corrected chi connectivity index (χ4v) is 1.05. The first-order valence-electron chi connectivity index (χ1n) is 3.97. The molecule has 0 saturated carbocycles. The summed E-state index contributed by atoms with van der Waals surface area (Å²) in [6.07, 6.45) is 0. The first-order chi connectivity index (χ1) is 6.24. The lowest BCUT2D eigenvalue weighted by molar-refractivity contribution is -0.477. The van der Waals surface area contributed by atoms with Crippen LogP contribution < -0.4 is 21.2 Å². The molecule has 0 radical (unpaired) electrons. The Balaban J connectivity index is 2.81. The highest BCUT2D eigenvalue weighted by atomic mass is 16.5. The van der Waals surface area contributed by atoms with Crippen molar-refractivity contribution in [3.05, 3.63) is 29.8 Å². The number of methoxy groups -OCH3 is 1. The highest BCUT2D eigenvalue weighted by Crippen LogP contribution is 2.15. The highest BCUT2D eigenvalue weighted by Gasteiger charge is 2.00. The molecule has 0 bridgehead atoms. The van der Waals surface area contributed by atoms with Gasteiger partial charge in [-0.3, -0.25) is 16.5 Å². The van der Waals surface area contributed by atoms with E-state index < -0.39 is 0 Å². The molecule has 0 saturated heterocycles. The minimum absolute atomic E-state index is 0.214. The maximum Gasteiger partial charge on any atom is 0.339 e. The smallest absolute Gasteiger partial charge is 0.339 e. The lowest BCUT2D eigenvalue weighted by Gasteiger charge is -2.04. The summed E-state index contributed by atoms with van der Waals surface area (Å²) in [5.41, 5.74) is 11.6. The van der Waals surface area contributed by atoms with Crippen molar-refractivity contribution in [3.63, 3.8) is 0 Å². The summed E-state index contributed by atoms with van der Waals surface area (Å²) in [5, 5.41) is 0. The molecular formula is C9H14N3O+. The van der Waals surface area contributed by atoms with Crippen molar-refractivity contribution in [2.45, 2.75) is 6.54 Å². The highest BCUT2D eigenvalue weighted by molar-refractivity contribution is 5.69. The van der Waals surface area contributed by atoms with Gasteiger partial charge >= 0.3 is 5.96 Å². The van der Waals surface area contributed by atoms with E-state index in [9.17, 15) is 0 Å². The molecule has 1 aromatic rings. The summed E-state index contributed by atoms with van der Waals surface area (Å²) in [4.78, 5) is 2.83. The van der Waals surface area contributed by atoms with Crippen LogP contribution in [-0.4, -0.2) is 13.1 Å². The van der Waals surface area contributed by atoms with Crippen LogP contribution >= 0.6 is 0 Å². The van der Waals surface area contributed by atoms with Crippen molar-refractivity contribution in [2.75, 3.05) is 7.11 Å². The van der Waals surface area contributed by atoms with Gasteiger partial charge < -0.3 is 4.74 Å². The van der Waals surface area contributed by atoms with Crippen molar-refractivity contribution < 1.29 is 9.73 Å². The quantitative estimate of drug-likeness (QED) is 0.393. The summed E-state index contributed by atoms with van der Waals surface area (Å²) in [6.45, 7) is 0.576. The number of hydrogen-bond acceptors (Lipinski definition) is 1. The molecule has 0 aliphatic carbocycles. The van der Waals surface area contributed by atoms with Crippen molar-refractivity contribution >= 4 is 5.96 Å².